The molecule has 1 aromatic carbocycles. The summed E-state index contributed by atoms with van der Waals surface area (Å²) in [6, 6.07) is 6.56. The van der Waals surface area contributed by atoms with Gasteiger partial charge in [0.1, 0.15) is 0 Å². The molecule has 0 saturated carbocycles. The monoisotopic (exact) mass is 234 g/mol. The summed E-state index contributed by atoms with van der Waals surface area (Å²) in [5.74, 6) is 1.73. The average molecular weight is 234 g/mol. The van der Waals surface area contributed by atoms with Crippen molar-refractivity contribution in [3.8, 4) is 11.5 Å². The highest BCUT2D eigenvalue weighted by Gasteiger charge is 2.19. The number of benzene rings is 1. The molecule has 1 atom stereocenters. The van der Waals surface area contributed by atoms with Crippen molar-refractivity contribution >= 4 is 0 Å². The van der Waals surface area contributed by atoms with Gasteiger partial charge in [-0.15, -0.1) is 0 Å². The maximum Gasteiger partial charge on any atom is 0.231 e. The highest BCUT2D eigenvalue weighted by Crippen LogP contribution is 2.32. The molecule has 1 aromatic rings. The maximum absolute atomic E-state index is 5.89. The van der Waals surface area contributed by atoms with Crippen LogP contribution in [-0.2, 0) is 6.42 Å². The standard InChI is InChI=1S/C13H18N2O2/c14-11-4-6-15(8-11)5-3-10-1-2-12-13(7-10)17-9-16-12/h1-2,7,11H,3-6,8-9,14H2. The summed E-state index contributed by atoms with van der Waals surface area (Å²) in [6.07, 6.45) is 2.17. The van der Waals surface area contributed by atoms with Crippen LogP contribution < -0.4 is 15.2 Å². The molecular weight excluding hydrogens is 216 g/mol. The molecule has 0 amide bonds. The van der Waals surface area contributed by atoms with Crippen molar-refractivity contribution in [2.45, 2.75) is 18.9 Å². The van der Waals surface area contributed by atoms with Crippen LogP contribution in [-0.4, -0.2) is 37.4 Å². The number of ether oxygens (including phenoxy) is 2. The number of nitrogens with two attached hydrogens (primary N) is 1. The Morgan fingerprint density at radius 1 is 1.29 bits per heavy atom. The predicted octanol–water partition coefficient (Wildman–Crippen LogP) is 0.991. The fourth-order valence-corrected chi connectivity index (χ4v) is 2.45. The van der Waals surface area contributed by atoms with E-state index in [0.717, 1.165) is 44.0 Å². The number of rotatable bonds is 3. The molecule has 2 aliphatic rings. The van der Waals surface area contributed by atoms with Crippen LogP contribution in [0.4, 0.5) is 0 Å². The number of likely N-dealkylation sites (tertiary alicyclic amines) is 1. The van der Waals surface area contributed by atoms with E-state index in [4.69, 9.17) is 15.2 Å². The van der Waals surface area contributed by atoms with E-state index >= 15 is 0 Å². The summed E-state index contributed by atoms with van der Waals surface area (Å²) in [5, 5.41) is 0. The summed E-state index contributed by atoms with van der Waals surface area (Å²) in [4.78, 5) is 2.43. The van der Waals surface area contributed by atoms with Crippen LogP contribution in [0, 0.1) is 0 Å². The van der Waals surface area contributed by atoms with E-state index in [1.165, 1.54) is 5.56 Å². The molecule has 4 nitrogen and oxygen atoms in total. The lowest BCUT2D eigenvalue weighted by Crippen LogP contribution is -2.28. The first kappa shape index (κ1) is 10.9. The van der Waals surface area contributed by atoms with Gasteiger partial charge in [0.2, 0.25) is 6.79 Å². The average Bonchev–Trinajstić information content (AvgIpc) is 2.94. The molecule has 0 spiro atoms. The highest BCUT2D eigenvalue weighted by molar-refractivity contribution is 5.44. The van der Waals surface area contributed by atoms with Gasteiger partial charge in [-0.05, 0) is 37.1 Å². The second-order valence-electron chi connectivity index (χ2n) is 4.79. The van der Waals surface area contributed by atoms with Gasteiger partial charge in [0.05, 0.1) is 0 Å². The minimum atomic E-state index is 0.347. The van der Waals surface area contributed by atoms with Crippen molar-refractivity contribution in [3.05, 3.63) is 23.8 Å². The summed E-state index contributed by atoms with van der Waals surface area (Å²) in [6.45, 7) is 3.59. The zero-order valence-corrected chi connectivity index (χ0v) is 9.89. The Morgan fingerprint density at radius 2 is 2.18 bits per heavy atom. The quantitative estimate of drug-likeness (QED) is 0.847. The molecule has 4 heteroatoms. The van der Waals surface area contributed by atoms with E-state index in [0.29, 0.717) is 12.8 Å². The van der Waals surface area contributed by atoms with Crippen LogP contribution in [0.1, 0.15) is 12.0 Å². The fourth-order valence-electron chi connectivity index (χ4n) is 2.45. The van der Waals surface area contributed by atoms with Crippen LogP contribution in [0.5, 0.6) is 11.5 Å². The third-order valence-corrected chi connectivity index (χ3v) is 3.46. The SMILES string of the molecule is NC1CCN(CCc2ccc3c(c2)OCO3)C1. The molecule has 2 aliphatic heterocycles. The Hall–Kier alpha value is -1.26. The van der Waals surface area contributed by atoms with Gasteiger partial charge in [-0.1, -0.05) is 6.07 Å². The van der Waals surface area contributed by atoms with Crippen LogP contribution in [0.25, 0.3) is 0 Å². The zero-order chi connectivity index (χ0) is 11.7. The lowest BCUT2D eigenvalue weighted by atomic mass is 10.1. The van der Waals surface area contributed by atoms with Crippen molar-refractivity contribution in [2.75, 3.05) is 26.4 Å². The van der Waals surface area contributed by atoms with E-state index in [1.54, 1.807) is 0 Å². The molecule has 0 aliphatic carbocycles. The largest absolute Gasteiger partial charge is 0.454 e. The molecule has 2 heterocycles. The van der Waals surface area contributed by atoms with Crippen LogP contribution in [0.15, 0.2) is 18.2 Å². The highest BCUT2D eigenvalue weighted by atomic mass is 16.7. The van der Waals surface area contributed by atoms with Gasteiger partial charge in [-0.3, -0.25) is 0 Å². The van der Waals surface area contributed by atoms with Gasteiger partial charge in [0.15, 0.2) is 11.5 Å². The van der Waals surface area contributed by atoms with E-state index in [2.05, 4.69) is 17.0 Å². The van der Waals surface area contributed by atoms with Crippen LogP contribution in [0.2, 0.25) is 0 Å². The van der Waals surface area contributed by atoms with Gasteiger partial charge < -0.3 is 20.1 Å². The molecule has 0 bridgehead atoms. The number of hydrogen-bond donors (Lipinski definition) is 1. The minimum absolute atomic E-state index is 0.347. The lowest BCUT2D eigenvalue weighted by molar-refractivity contribution is 0.174. The Bertz CT molecular complexity index is 408. The van der Waals surface area contributed by atoms with E-state index in [9.17, 15) is 0 Å². The second-order valence-corrected chi connectivity index (χ2v) is 4.79. The third-order valence-electron chi connectivity index (χ3n) is 3.46. The van der Waals surface area contributed by atoms with E-state index in [-0.39, 0.29) is 0 Å². The topological polar surface area (TPSA) is 47.7 Å². The summed E-state index contributed by atoms with van der Waals surface area (Å²) >= 11 is 0. The van der Waals surface area contributed by atoms with E-state index in [1.807, 2.05) is 6.07 Å². The first-order valence-corrected chi connectivity index (χ1v) is 6.18. The maximum atomic E-state index is 5.89. The lowest BCUT2D eigenvalue weighted by Gasteiger charge is -2.14. The summed E-state index contributed by atoms with van der Waals surface area (Å²) in [5.41, 5.74) is 7.19. The smallest absolute Gasteiger partial charge is 0.231 e. The zero-order valence-electron chi connectivity index (χ0n) is 9.89. The van der Waals surface area contributed by atoms with Gasteiger partial charge in [0, 0.05) is 19.1 Å². The second kappa shape index (κ2) is 4.55. The molecule has 1 unspecified atom stereocenters. The van der Waals surface area contributed by atoms with Gasteiger partial charge in [0.25, 0.3) is 0 Å². The molecule has 0 radical (unpaired) electrons. The van der Waals surface area contributed by atoms with Crippen molar-refractivity contribution in [1.29, 1.82) is 0 Å². The molecule has 1 fully saturated rings. The first-order chi connectivity index (χ1) is 8.31. The van der Waals surface area contributed by atoms with Gasteiger partial charge in [-0.25, -0.2) is 0 Å². The van der Waals surface area contributed by atoms with Crippen LogP contribution >= 0.6 is 0 Å². The van der Waals surface area contributed by atoms with Crippen LogP contribution in [0.3, 0.4) is 0 Å². The molecule has 2 N–H and O–H groups in total. The summed E-state index contributed by atoms with van der Waals surface area (Å²) in [7, 11) is 0. The summed E-state index contributed by atoms with van der Waals surface area (Å²) < 4.78 is 10.7. The molecule has 3 rings (SSSR count). The third kappa shape index (κ3) is 2.37. The molecule has 92 valence electrons. The number of nitrogens with zero attached hydrogens (tertiary/aromatic N) is 1. The van der Waals surface area contributed by atoms with Gasteiger partial charge >= 0.3 is 0 Å². The van der Waals surface area contributed by atoms with Crippen molar-refractivity contribution in [3.63, 3.8) is 0 Å². The van der Waals surface area contributed by atoms with Crippen molar-refractivity contribution in [2.24, 2.45) is 5.73 Å². The Labute approximate surface area is 101 Å². The molecular formula is C13H18N2O2. The van der Waals surface area contributed by atoms with Crippen molar-refractivity contribution < 1.29 is 9.47 Å². The minimum Gasteiger partial charge on any atom is -0.454 e. The Morgan fingerprint density at radius 3 is 3.00 bits per heavy atom. The Balaban J connectivity index is 1.58. The van der Waals surface area contributed by atoms with Gasteiger partial charge in [-0.2, -0.15) is 0 Å². The number of hydrogen-bond acceptors (Lipinski definition) is 4. The number of fused-ring (bicyclic) bond motifs is 1. The van der Waals surface area contributed by atoms with E-state index < -0.39 is 0 Å². The van der Waals surface area contributed by atoms with Crippen molar-refractivity contribution in [1.82, 2.24) is 4.90 Å². The Kier molecular flexibility index (Phi) is 2.91. The molecule has 1 saturated heterocycles. The predicted molar refractivity (Wildman–Crippen MR) is 65.3 cm³/mol. The normalized spacial score (nSPS) is 23.2. The molecule has 0 aromatic heterocycles. The fraction of sp³-hybridized carbons (Fsp3) is 0.538. The molecule has 17 heavy (non-hydrogen) atoms. The first-order valence-electron chi connectivity index (χ1n) is 6.18.